The minimum absolute atomic E-state index is 0.0422. The lowest BCUT2D eigenvalue weighted by atomic mass is 10.1. The number of anilines is 1. The van der Waals surface area contributed by atoms with Gasteiger partial charge in [0.15, 0.2) is 0 Å². The van der Waals surface area contributed by atoms with Gasteiger partial charge in [-0.25, -0.2) is 14.5 Å². The van der Waals surface area contributed by atoms with E-state index in [0.717, 1.165) is 35.5 Å². The molecule has 2 amide bonds. The number of carbonyl (C=O) groups excluding carboxylic acids is 1. The predicted molar refractivity (Wildman–Crippen MR) is 91.8 cm³/mol. The molecule has 3 rings (SSSR count). The van der Waals surface area contributed by atoms with E-state index in [9.17, 15) is 4.79 Å². The molecule has 0 saturated carbocycles. The molecule has 2 aromatic rings. The fraction of sp³-hybridized carbons (Fsp3) is 0.438. The number of nitrogens with one attached hydrogen (secondary N) is 1. The Bertz CT molecular complexity index is 673. The molecule has 6 nitrogen and oxygen atoms in total. The smallest absolute Gasteiger partial charge is 0.321 e. The highest BCUT2D eigenvalue weighted by Crippen LogP contribution is 2.29. The molecule has 1 aliphatic heterocycles. The lowest BCUT2D eigenvalue weighted by Gasteiger charge is -2.32. The van der Waals surface area contributed by atoms with Gasteiger partial charge >= 0.3 is 6.03 Å². The molecule has 122 valence electrons. The summed E-state index contributed by atoms with van der Waals surface area (Å²) < 4.78 is 1.85. The van der Waals surface area contributed by atoms with Crippen molar-refractivity contribution in [2.75, 3.05) is 24.7 Å². The first kappa shape index (κ1) is 15.9. The van der Waals surface area contributed by atoms with Crippen molar-refractivity contribution >= 4 is 23.5 Å². The van der Waals surface area contributed by atoms with Gasteiger partial charge < -0.3 is 10.2 Å². The van der Waals surface area contributed by atoms with Crippen molar-refractivity contribution < 1.29 is 4.79 Å². The van der Waals surface area contributed by atoms with Crippen molar-refractivity contribution in [1.29, 1.82) is 0 Å². The molecule has 2 heterocycles. The molecule has 0 aliphatic carbocycles. The molecule has 1 aromatic heterocycles. The molecule has 1 fully saturated rings. The minimum Gasteiger partial charge on any atom is -0.322 e. The van der Waals surface area contributed by atoms with Crippen molar-refractivity contribution in [2.24, 2.45) is 0 Å². The summed E-state index contributed by atoms with van der Waals surface area (Å²) in [5.74, 6) is 0. The van der Waals surface area contributed by atoms with Crippen molar-refractivity contribution in [1.82, 2.24) is 19.7 Å². The van der Waals surface area contributed by atoms with E-state index in [4.69, 9.17) is 0 Å². The molecule has 0 bridgehead atoms. The zero-order valence-corrected chi connectivity index (χ0v) is 14.2. The Morgan fingerprint density at radius 2 is 2.30 bits per heavy atom. The maximum Gasteiger partial charge on any atom is 0.321 e. The highest BCUT2D eigenvalue weighted by Gasteiger charge is 2.25. The lowest BCUT2D eigenvalue weighted by molar-refractivity contribution is 0.174. The van der Waals surface area contributed by atoms with Gasteiger partial charge in [0.25, 0.3) is 0 Å². The third-order valence-electron chi connectivity index (χ3n) is 4.18. The molecular formula is C16H21N5OS. The van der Waals surface area contributed by atoms with Crippen molar-refractivity contribution in [2.45, 2.75) is 30.7 Å². The fourth-order valence-corrected chi connectivity index (χ4v) is 3.55. The number of benzene rings is 1. The molecule has 7 heteroatoms. The van der Waals surface area contributed by atoms with Gasteiger partial charge in [0.1, 0.15) is 12.7 Å². The fourth-order valence-electron chi connectivity index (χ4n) is 2.92. The Morgan fingerprint density at radius 1 is 1.43 bits per heavy atom. The second-order valence-corrected chi connectivity index (χ2v) is 6.55. The Balaban J connectivity index is 1.71. The van der Waals surface area contributed by atoms with Crippen LogP contribution in [0.2, 0.25) is 0 Å². The van der Waals surface area contributed by atoms with E-state index in [1.165, 1.54) is 6.33 Å². The van der Waals surface area contributed by atoms with E-state index in [1.54, 1.807) is 18.1 Å². The number of likely N-dealkylation sites (tertiary alicyclic amines) is 1. The van der Waals surface area contributed by atoms with Gasteiger partial charge in [-0.1, -0.05) is 12.1 Å². The standard InChI is InChI=1S/C16H21N5OS/c1-12-5-3-7-14(23-2)15(12)19-16(22)20-8-4-6-13(9-20)21-11-17-10-18-21/h3,5,7,10-11,13H,4,6,8-9H2,1-2H3,(H,19,22)/t13-/m1/s1. The van der Waals surface area contributed by atoms with E-state index in [1.807, 2.05) is 41.0 Å². The minimum atomic E-state index is -0.0422. The van der Waals surface area contributed by atoms with Gasteiger partial charge in [-0.05, 0) is 37.7 Å². The molecule has 1 atom stereocenters. The van der Waals surface area contributed by atoms with Crippen LogP contribution in [-0.4, -0.2) is 45.0 Å². The van der Waals surface area contributed by atoms with Gasteiger partial charge in [0.2, 0.25) is 0 Å². The number of hydrogen-bond acceptors (Lipinski definition) is 4. The summed E-state index contributed by atoms with van der Waals surface area (Å²) in [5, 5.41) is 7.29. The molecule has 1 aromatic carbocycles. The number of aryl methyl sites for hydroxylation is 1. The number of rotatable bonds is 3. The van der Waals surface area contributed by atoms with Gasteiger partial charge in [-0.2, -0.15) is 5.10 Å². The molecule has 1 aliphatic rings. The lowest BCUT2D eigenvalue weighted by Crippen LogP contribution is -2.43. The van der Waals surface area contributed by atoms with Crippen LogP contribution in [0.4, 0.5) is 10.5 Å². The van der Waals surface area contributed by atoms with Crippen LogP contribution in [0, 0.1) is 6.92 Å². The van der Waals surface area contributed by atoms with E-state index in [0.29, 0.717) is 6.54 Å². The summed E-state index contributed by atoms with van der Waals surface area (Å²) in [4.78, 5) is 19.6. The quantitative estimate of drug-likeness (QED) is 0.878. The Kier molecular flexibility index (Phi) is 4.85. The summed E-state index contributed by atoms with van der Waals surface area (Å²) in [5.41, 5.74) is 1.99. The second kappa shape index (κ2) is 7.04. The summed E-state index contributed by atoms with van der Waals surface area (Å²) in [7, 11) is 0. The highest BCUT2D eigenvalue weighted by atomic mass is 32.2. The summed E-state index contributed by atoms with van der Waals surface area (Å²) in [6.45, 7) is 3.46. The molecular weight excluding hydrogens is 310 g/mol. The number of urea groups is 1. The molecule has 1 saturated heterocycles. The number of carbonyl (C=O) groups is 1. The first-order valence-corrected chi connectivity index (χ1v) is 8.95. The predicted octanol–water partition coefficient (Wildman–Crippen LogP) is 3.18. The third kappa shape index (κ3) is 3.50. The average Bonchev–Trinajstić information content (AvgIpc) is 3.11. The zero-order chi connectivity index (χ0) is 16.2. The highest BCUT2D eigenvalue weighted by molar-refractivity contribution is 7.98. The van der Waals surface area contributed by atoms with Crippen molar-refractivity contribution in [3.8, 4) is 0 Å². The number of nitrogens with zero attached hydrogens (tertiary/aromatic N) is 4. The number of hydrogen-bond donors (Lipinski definition) is 1. The number of piperidine rings is 1. The van der Waals surface area contributed by atoms with Crippen LogP contribution in [0.3, 0.4) is 0 Å². The van der Waals surface area contributed by atoms with Crippen LogP contribution in [-0.2, 0) is 0 Å². The number of thioether (sulfide) groups is 1. The van der Waals surface area contributed by atoms with Crippen LogP contribution in [0.15, 0.2) is 35.7 Å². The SMILES string of the molecule is CSc1cccc(C)c1NC(=O)N1CCC[C@@H](n2cncn2)C1. The van der Waals surface area contributed by atoms with Gasteiger partial charge in [-0.3, -0.25) is 0 Å². The van der Waals surface area contributed by atoms with Crippen LogP contribution in [0.5, 0.6) is 0 Å². The van der Waals surface area contributed by atoms with Crippen LogP contribution < -0.4 is 5.32 Å². The zero-order valence-electron chi connectivity index (χ0n) is 13.4. The number of aromatic nitrogens is 3. The van der Waals surface area contributed by atoms with Crippen LogP contribution in [0.1, 0.15) is 24.4 Å². The maximum atomic E-state index is 12.7. The molecule has 0 spiro atoms. The Hall–Kier alpha value is -2.02. The number of para-hydroxylation sites is 1. The molecule has 23 heavy (non-hydrogen) atoms. The largest absolute Gasteiger partial charge is 0.322 e. The van der Waals surface area contributed by atoms with Crippen LogP contribution >= 0.6 is 11.8 Å². The monoisotopic (exact) mass is 331 g/mol. The summed E-state index contributed by atoms with van der Waals surface area (Å²) in [6.07, 6.45) is 7.27. The van der Waals surface area contributed by atoms with E-state index in [-0.39, 0.29) is 12.1 Å². The number of amides is 2. The Labute approximate surface area is 140 Å². The molecule has 0 unspecified atom stereocenters. The first-order chi connectivity index (χ1) is 11.2. The first-order valence-electron chi connectivity index (χ1n) is 7.72. The van der Waals surface area contributed by atoms with E-state index >= 15 is 0 Å². The second-order valence-electron chi connectivity index (χ2n) is 5.70. The Morgan fingerprint density at radius 3 is 3.04 bits per heavy atom. The van der Waals surface area contributed by atoms with Gasteiger partial charge in [-0.15, -0.1) is 11.8 Å². The molecule has 1 N–H and O–H groups in total. The van der Waals surface area contributed by atoms with Gasteiger partial charge in [0, 0.05) is 18.0 Å². The molecule has 0 radical (unpaired) electrons. The van der Waals surface area contributed by atoms with Crippen LogP contribution in [0.25, 0.3) is 0 Å². The van der Waals surface area contributed by atoms with Crippen molar-refractivity contribution in [3.05, 3.63) is 36.4 Å². The van der Waals surface area contributed by atoms with Crippen molar-refractivity contribution in [3.63, 3.8) is 0 Å². The topological polar surface area (TPSA) is 63.1 Å². The van der Waals surface area contributed by atoms with E-state index < -0.39 is 0 Å². The third-order valence-corrected chi connectivity index (χ3v) is 4.96. The summed E-state index contributed by atoms with van der Waals surface area (Å²) >= 11 is 1.64. The average molecular weight is 331 g/mol. The normalized spacial score (nSPS) is 18.0. The van der Waals surface area contributed by atoms with Gasteiger partial charge in [0.05, 0.1) is 11.7 Å². The van der Waals surface area contributed by atoms with E-state index in [2.05, 4.69) is 15.4 Å². The maximum absolute atomic E-state index is 12.7. The summed E-state index contributed by atoms with van der Waals surface area (Å²) in [6, 6.07) is 6.22.